The highest BCUT2D eigenvalue weighted by Gasteiger charge is 2.16. The predicted octanol–water partition coefficient (Wildman–Crippen LogP) is 3.12. The van der Waals surface area contributed by atoms with E-state index >= 15 is 0 Å². The predicted molar refractivity (Wildman–Crippen MR) is 109 cm³/mol. The molecule has 6 nitrogen and oxygen atoms in total. The Kier molecular flexibility index (Phi) is 6.81. The van der Waals surface area contributed by atoms with Gasteiger partial charge in [-0.2, -0.15) is 0 Å². The van der Waals surface area contributed by atoms with Crippen LogP contribution in [0.3, 0.4) is 0 Å². The minimum Gasteiger partial charge on any atom is -0.352 e. The van der Waals surface area contributed by atoms with E-state index < -0.39 is 0 Å². The SMILES string of the molecule is CC(=O)NCc1ccc(C(=O)NNC(=O)c2cc3c(s2)CCCCCC3)cc1. The molecule has 0 unspecified atom stereocenters. The molecule has 3 amide bonds. The van der Waals surface area contributed by atoms with Crippen LogP contribution in [0.25, 0.3) is 0 Å². The molecule has 3 N–H and O–H groups in total. The van der Waals surface area contributed by atoms with Crippen LogP contribution in [0.1, 0.15) is 68.6 Å². The lowest BCUT2D eigenvalue weighted by Crippen LogP contribution is -2.41. The van der Waals surface area contributed by atoms with Gasteiger partial charge in [-0.3, -0.25) is 25.2 Å². The number of hydrogen-bond acceptors (Lipinski definition) is 4. The number of hydrogen-bond donors (Lipinski definition) is 3. The van der Waals surface area contributed by atoms with Gasteiger partial charge in [-0.15, -0.1) is 11.3 Å². The largest absolute Gasteiger partial charge is 0.352 e. The molecule has 1 aliphatic carbocycles. The van der Waals surface area contributed by atoms with E-state index in [0.717, 1.165) is 18.4 Å². The van der Waals surface area contributed by atoms with E-state index in [0.29, 0.717) is 17.0 Å². The normalized spacial score (nSPS) is 13.6. The molecule has 0 spiro atoms. The summed E-state index contributed by atoms with van der Waals surface area (Å²) in [5, 5.41) is 2.70. The molecule has 28 heavy (non-hydrogen) atoms. The van der Waals surface area contributed by atoms with Crippen LogP contribution < -0.4 is 16.2 Å². The number of fused-ring (bicyclic) bond motifs is 1. The summed E-state index contributed by atoms with van der Waals surface area (Å²) in [5.74, 6) is -0.771. The molecular weight excluding hydrogens is 374 g/mol. The number of carbonyl (C=O) groups is 3. The topological polar surface area (TPSA) is 87.3 Å². The molecule has 0 fully saturated rings. The van der Waals surface area contributed by atoms with Gasteiger partial charge in [-0.05, 0) is 55.0 Å². The third-order valence-corrected chi connectivity index (χ3v) is 6.00. The van der Waals surface area contributed by atoms with Crippen LogP contribution in [0.5, 0.6) is 0 Å². The van der Waals surface area contributed by atoms with Gasteiger partial charge in [0.1, 0.15) is 0 Å². The first-order valence-corrected chi connectivity index (χ1v) is 10.4. The molecule has 0 aliphatic heterocycles. The van der Waals surface area contributed by atoms with E-state index in [9.17, 15) is 14.4 Å². The van der Waals surface area contributed by atoms with Gasteiger partial charge in [0.05, 0.1) is 4.88 Å². The van der Waals surface area contributed by atoms with Crippen molar-refractivity contribution >= 4 is 29.1 Å². The summed E-state index contributed by atoms with van der Waals surface area (Å²) in [6.07, 6.45) is 6.89. The van der Waals surface area contributed by atoms with Crippen molar-refractivity contribution in [2.45, 2.75) is 52.0 Å². The highest BCUT2D eigenvalue weighted by molar-refractivity contribution is 7.14. The molecule has 0 saturated heterocycles. The molecule has 3 rings (SSSR count). The number of amides is 3. The van der Waals surface area contributed by atoms with E-state index in [4.69, 9.17) is 0 Å². The first-order chi connectivity index (χ1) is 13.5. The average molecular weight is 400 g/mol. The number of rotatable bonds is 4. The monoisotopic (exact) mass is 399 g/mol. The lowest BCUT2D eigenvalue weighted by Gasteiger charge is -2.07. The quantitative estimate of drug-likeness (QED) is 0.691. The van der Waals surface area contributed by atoms with Crippen LogP contribution in [-0.2, 0) is 24.2 Å². The summed E-state index contributed by atoms with van der Waals surface area (Å²) in [6.45, 7) is 1.87. The standard InChI is InChI=1S/C21H25N3O3S/c1-14(25)22-13-15-8-10-16(11-9-15)20(26)23-24-21(27)19-12-17-6-4-2-3-5-7-18(17)28-19/h8-12H,2-7,13H2,1H3,(H,22,25)(H,23,26)(H,24,27). The molecule has 0 atom stereocenters. The summed E-state index contributed by atoms with van der Waals surface area (Å²) < 4.78 is 0. The highest BCUT2D eigenvalue weighted by Crippen LogP contribution is 2.28. The van der Waals surface area contributed by atoms with Crippen LogP contribution >= 0.6 is 11.3 Å². The second kappa shape index (κ2) is 9.50. The fraction of sp³-hybridized carbons (Fsp3) is 0.381. The molecule has 7 heteroatoms. The Morgan fingerprint density at radius 3 is 2.32 bits per heavy atom. The summed E-state index contributed by atoms with van der Waals surface area (Å²) in [5.41, 5.74) is 7.58. The lowest BCUT2D eigenvalue weighted by molar-refractivity contribution is -0.119. The smallest absolute Gasteiger partial charge is 0.279 e. The Morgan fingerprint density at radius 1 is 0.929 bits per heavy atom. The summed E-state index contributed by atoms with van der Waals surface area (Å²) in [6, 6.07) is 8.83. The molecule has 0 bridgehead atoms. The molecule has 1 aromatic heterocycles. The van der Waals surface area contributed by atoms with Gasteiger partial charge in [0.2, 0.25) is 5.91 Å². The van der Waals surface area contributed by atoms with Crippen LogP contribution in [0.2, 0.25) is 0 Å². The summed E-state index contributed by atoms with van der Waals surface area (Å²) >= 11 is 1.53. The molecule has 0 saturated carbocycles. The van der Waals surface area contributed by atoms with E-state index in [1.54, 1.807) is 24.3 Å². The van der Waals surface area contributed by atoms with Crippen molar-refractivity contribution in [1.82, 2.24) is 16.2 Å². The fourth-order valence-corrected chi connectivity index (χ4v) is 4.35. The van der Waals surface area contributed by atoms with Crippen molar-refractivity contribution in [3.05, 3.63) is 56.8 Å². The van der Waals surface area contributed by atoms with Gasteiger partial charge in [0.15, 0.2) is 0 Å². The van der Waals surface area contributed by atoms with Crippen LogP contribution in [0, 0.1) is 0 Å². The molecule has 1 heterocycles. The number of nitrogens with one attached hydrogen (secondary N) is 3. The Balaban J connectivity index is 1.54. The summed E-state index contributed by atoms with van der Waals surface area (Å²) in [7, 11) is 0. The van der Waals surface area contributed by atoms with Crippen LogP contribution in [0.15, 0.2) is 30.3 Å². The van der Waals surface area contributed by atoms with E-state index in [-0.39, 0.29) is 17.7 Å². The third kappa shape index (κ3) is 5.42. The molecule has 148 valence electrons. The Labute approximate surface area is 168 Å². The van der Waals surface area contributed by atoms with Crippen molar-refractivity contribution < 1.29 is 14.4 Å². The van der Waals surface area contributed by atoms with Crippen LogP contribution in [0.4, 0.5) is 0 Å². The van der Waals surface area contributed by atoms with Crippen molar-refractivity contribution in [3.8, 4) is 0 Å². The van der Waals surface area contributed by atoms with Gasteiger partial charge in [-0.25, -0.2) is 0 Å². The number of carbonyl (C=O) groups excluding carboxylic acids is 3. The first kappa shape index (κ1) is 20.1. The van der Waals surface area contributed by atoms with E-state index in [2.05, 4.69) is 16.2 Å². The maximum absolute atomic E-state index is 12.4. The van der Waals surface area contributed by atoms with Crippen molar-refractivity contribution in [3.63, 3.8) is 0 Å². The lowest BCUT2D eigenvalue weighted by atomic mass is 10.00. The zero-order chi connectivity index (χ0) is 19.9. The molecular formula is C21H25N3O3S. The molecule has 1 aromatic carbocycles. The van der Waals surface area contributed by atoms with Crippen molar-refractivity contribution in [1.29, 1.82) is 0 Å². The number of hydrazine groups is 1. The number of benzene rings is 1. The first-order valence-electron chi connectivity index (χ1n) is 9.58. The van der Waals surface area contributed by atoms with Gasteiger partial charge < -0.3 is 5.32 Å². The van der Waals surface area contributed by atoms with Gasteiger partial charge in [-0.1, -0.05) is 25.0 Å². The highest BCUT2D eigenvalue weighted by atomic mass is 32.1. The van der Waals surface area contributed by atoms with Crippen molar-refractivity contribution in [2.24, 2.45) is 0 Å². The molecule has 0 radical (unpaired) electrons. The fourth-order valence-electron chi connectivity index (χ4n) is 3.20. The zero-order valence-corrected chi connectivity index (χ0v) is 16.8. The molecule has 2 aromatic rings. The van der Waals surface area contributed by atoms with Gasteiger partial charge >= 0.3 is 0 Å². The summed E-state index contributed by atoms with van der Waals surface area (Å²) in [4.78, 5) is 37.5. The van der Waals surface area contributed by atoms with Crippen LogP contribution in [-0.4, -0.2) is 17.7 Å². The zero-order valence-electron chi connectivity index (χ0n) is 16.0. The Morgan fingerprint density at radius 2 is 1.61 bits per heavy atom. The Bertz CT molecular complexity index is 833. The minimum absolute atomic E-state index is 0.106. The third-order valence-electron chi connectivity index (χ3n) is 4.77. The Hall–Kier alpha value is -2.67. The second-order valence-electron chi connectivity index (χ2n) is 6.99. The number of aryl methyl sites for hydroxylation is 2. The minimum atomic E-state index is -0.380. The average Bonchev–Trinajstić information content (AvgIpc) is 3.06. The second-order valence-corrected chi connectivity index (χ2v) is 8.12. The van der Waals surface area contributed by atoms with Gasteiger partial charge in [0, 0.05) is 23.9 Å². The van der Waals surface area contributed by atoms with Crippen molar-refractivity contribution in [2.75, 3.05) is 0 Å². The number of thiophene rings is 1. The van der Waals surface area contributed by atoms with E-state index in [1.165, 1.54) is 54.4 Å². The van der Waals surface area contributed by atoms with E-state index in [1.807, 2.05) is 6.07 Å². The maximum atomic E-state index is 12.4. The maximum Gasteiger partial charge on any atom is 0.279 e. The molecule has 1 aliphatic rings. The van der Waals surface area contributed by atoms with Gasteiger partial charge in [0.25, 0.3) is 11.8 Å².